The van der Waals surface area contributed by atoms with Crippen LogP contribution in [0.3, 0.4) is 0 Å². The summed E-state index contributed by atoms with van der Waals surface area (Å²) in [5.74, 6) is 0. The Kier molecular flexibility index (Phi) is 1.53. The predicted octanol–water partition coefficient (Wildman–Crippen LogP) is 1.73. The Morgan fingerprint density at radius 3 is 2.54 bits per heavy atom. The van der Waals surface area contributed by atoms with Crippen molar-refractivity contribution < 1.29 is 0 Å². The van der Waals surface area contributed by atoms with Gasteiger partial charge in [-0.15, -0.1) is 0 Å². The van der Waals surface area contributed by atoms with Crippen LogP contribution in [0.2, 0.25) is 0 Å². The molecule has 0 unspecified atom stereocenters. The lowest BCUT2D eigenvalue weighted by molar-refractivity contribution is 0.358. The van der Waals surface area contributed by atoms with E-state index in [-0.39, 0.29) is 0 Å². The van der Waals surface area contributed by atoms with Crippen LogP contribution in [0.1, 0.15) is 25.7 Å². The predicted molar refractivity (Wildman–Crippen MR) is 52.7 cm³/mol. The van der Waals surface area contributed by atoms with Gasteiger partial charge in [0, 0.05) is 18.4 Å². The van der Waals surface area contributed by atoms with Crippen LogP contribution in [0.4, 0.5) is 0 Å². The Bertz CT molecular complexity index is 279. The van der Waals surface area contributed by atoms with Crippen LogP contribution in [0.5, 0.6) is 0 Å². The fourth-order valence-electron chi connectivity index (χ4n) is 2.69. The average molecular weight is 176 g/mol. The second-order valence-electron chi connectivity index (χ2n) is 4.34. The molecule has 1 N–H and O–H groups in total. The van der Waals surface area contributed by atoms with E-state index in [1.807, 2.05) is 0 Å². The maximum atomic E-state index is 3.63. The molecule has 0 bridgehead atoms. The van der Waals surface area contributed by atoms with E-state index in [1.54, 1.807) is 0 Å². The highest BCUT2D eigenvalue weighted by Gasteiger charge is 2.51. The maximum Gasteiger partial charge on any atom is 0.0594 e. The quantitative estimate of drug-likeness (QED) is 0.726. The number of aromatic nitrogens is 1. The molecule has 0 spiro atoms. The van der Waals surface area contributed by atoms with E-state index in [0.717, 1.165) is 6.04 Å². The Morgan fingerprint density at radius 1 is 1.23 bits per heavy atom. The molecule has 3 rings (SSSR count). The molecule has 0 amide bonds. The van der Waals surface area contributed by atoms with E-state index < -0.39 is 0 Å². The van der Waals surface area contributed by atoms with Gasteiger partial charge < -0.3 is 9.88 Å². The minimum absolute atomic E-state index is 0.458. The van der Waals surface area contributed by atoms with Gasteiger partial charge >= 0.3 is 0 Å². The Morgan fingerprint density at radius 2 is 2.00 bits per heavy atom. The van der Waals surface area contributed by atoms with Crippen molar-refractivity contribution in [1.29, 1.82) is 0 Å². The number of hydrogen-bond acceptors (Lipinski definition) is 1. The van der Waals surface area contributed by atoms with Crippen molar-refractivity contribution in [3.05, 3.63) is 24.5 Å². The molecule has 2 fully saturated rings. The van der Waals surface area contributed by atoms with Gasteiger partial charge in [-0.25, -0.2) is 0 Å². The summed E-state index contributed by atoms with van der Waals surface area (Å²) < 4.78 is 2.41. The van der Waals surface area contributed by atoms with Crippen molar-refractivity contribution in [2.24, 2.45) is 0 Å². The molecule has 1 saturated heterocycles. The normalized spacial score (nSPS) is 30.6. The maximum absolute atomic E-state index is 3.63. The third kappa shape index (κ3) is 1.05. The highest BCUT2D eigenvalue weighted by Crippen LogP contribution is 2.48. The van der Waals surface area contributed by atoms with Gasteiger partial charge in [0.2, 0.25) is 0 Å². The van der Waals surface area contributed by atoms with Gasteiger partial charge in [-0.2, -0.15) is 0 Å². The van der Waals surface area contributed by atoms with E-state index in [4.69, 9.17) is 0 Å². The summed E-state index contributed by atoms with van der Waals surface area (Å²) in [5.41, 5.74) is 0.458. The molecule has 1 aliphatic carbocycles. The molecule has 70 valence electrons. The van der Waals surface area contributed by atoms with Crippen LogP contribution in [0.15, 0.2) is 24.5 Å². The first kappa shape index (κ1) is 7.63. The molecule has 2 heteroatoms. The molecule has 13 heavy (non-hydrogen) atoms. The van der Waals surface area contributed by atoms with E-state index in [2.05, 4.69) is 34.4 Å². The molecular weight excluding hydrogens is 160 g/mol. The van der Waals surface area contributed by atoms with Crippen molar-refractivity contribution >= 4 is 0 Å². The standard InChI is InChI=1S/C11H16N2/c1-2-9-13(8-1)11(5-6-11)10-4-3-7-12-10/h1-2,8-10,12H,3-7H2/t10-/m0/s1. The van der Waals surface area contributed by atoms with Crippen molar-refractivity contribution in [2.45, 2.75) is 37.3 Å². The first-order valence-corrected chi connectivity index (χ1v) is 5.29. The summed E-state index contributed by atoms with van der Waals surface area (Å²) in [6.45, 7) is 1.22. The van der Waals surface area contributed by atoms with E-state index in [9.17, 15) is 0 Å². The zero-order chi connectivity index (χ0) is 8.73. The largest absolute Gasteiger partial charge is 0.347 e. The Hall–Kier alpha value is -0.760. The van der Waals surface area contributed by atoms with Crippen molar-refractivity contribution in [1.82, 2.24) is 9.88 Å². The van der Waals surface area contributed by atoms with E-state index >= 15 is 0 Å². The molecule has 2 heterocycles. The lowest BCUT2D eigenvalue weighted by atomic mass is 10.0. The van der Waals surface area contributed by atoms with Crippen LogP contribution >= 0.6 is 0 Å². The number of nitrogens with zero attached hydrogens (tertiary/aromatic N) is 1. The Balaban J connectivity index is 1.88. The van der Waals surface area contributed by atoms with Gasteiger partial charge in [-0.3, -0.25) is 0 Å². The second-order valence-corrected chi connectivity index (χ2v) is 4.34. The molecule has 2 aliphatic rings. The number of rotatable bonds is 2. The SMILES string of the molecule is c1ccn(C2([C@@H]3CCCN3)CC2)c1. The lowest BCUT2D eigenvalue weighted by Crippen LogP contribution is -2.38. The summed E-state index contributed by atoms with van der Waals surface area (Å²) >= 11 is 0. The minimum Gasteiger partial charge on any atom is -0.347 e. The summed E-state index contributed by atoms with van der Waals surface area (Å²) in [6.07, 6.45) is 9.87. The first-order valence-electron chi connectivity index (χ1n) is 5.29. The van der Waals surface area contributed by atoms with Crippen molar-refractivity contribution in [2.75, 3.05) is 6.54 Å². The van der Waals surface area contributed by atoms with Crippen LogP contribution in [0.25, 0.3) is 0 Å². The molecule has 1 aromatic heterocycles. The third-order valence-corrected chi connectivity index (χ3v) is 3.59. The van der Waals surface area contributed by atoms with Crippen LogP contribution in [0, 0.1) is 0 Å². The van der Waals surface area contributed by atoms with Gasteiger partial charge in [0.25, 0.3) is 0 Å². The van der Waals surface area contributed by atoms with E-state index in [0.29, 0.717) is 5.54 Å². The second kappa shape index (κ2) is 2.61. The zero-order valence-corrected chi connectivity index (χ0v) is 7.87. The van der Waals surface area contributed by atoms with Gasteiger partial charge in [0.05, 0.1) is 5.54 Å². The fourth-order valence-corrected chi connectivity index (χ4v) is 2.69. The highest BCUT2D eigenvalue weighted by atomic mass is 15.2. The summed E-state index contributed by atoms with van der Waals surface area (Å²) in [6, 6.07) is 5.00. The lowest BCUT2D eigenvalue weighted by Gasteiger charge is -2.25. The van der Waals surface area contributed by atoms with Crippen molar-refractivity contribution in [3.63, 3.8) is 0 Å². The number of nitrogens with one attached hydrogen (secondary N) is 1. The molecule has 1 aromatic rings. The first-order chi connectivity index (χ1) is 6.42. The van der Waals surface area contributed by atoms with E-state index in [1.165, 1.54) is 32.2 Å². The van der Waals surface area contributed by atoms with Crippen LogP contribution < -0.4 is 5.32 Å². The smallest absolute Gasteiger partial charge is 0.0594 e. The van der Waals surface area contributed by atoms with Gasteiger partial charge in [0.1, 0.15) is 0 Å². The molecule has 1 aliphatic heterocycles. The monoisotopic (exact) mass is 176 g/mol. The molecule has 0 aromatic carbocycles. The summed E-state index contributed by atoms with van der Waals surface area (Å²) in [5, 5.41) is 3.63. The van der Waals surface area contributed by atoms with Gasteiger partial charge in [-0.1, -0.05) is 0 Å². The average Bonchev–Trinajstić information content (AvgIpc) is 2.68. The van der Waals surface area contributed by atoms with Crippen LogP contribution in [-0.4, -0.2) is 17.2 Å². The van der Waals surface area contributed by atoms with Gasteiger partial charge in [0.15, 0.2) is 0 Å². The van der Waals surface area contributed by atoms with Crippen molar-refractivity contribution in [3.8, 4) is 0 Å². The highest BCUT2D eigenvalue weighted by molar-refractivity contribution is 5.12. The summed E-state index contributed by atoms with van der Waals surface area (Å²) in [7, 11) is 0. The van der Waals surface area contributed by atoms with Crippen LogP contribution in [-0.2, 0) is 5.54 Å². The molecule has 1 atom stereocenters. The molecule has 2 nitrogen and oxygen atoms in total. The molecule has 1 saturated carbocycles. The Labute approximate surface area is 78.9 Å². The number of hydrogen-bond donors (Lipinski definition) is 1. The third-order valence-electron chi connectivity index (χ3n) is 3.59. The minimum atomic E-state index is 0.458. The topological polar surface area (TPSA) is 17.0 Å². The fraction of sp³-hybridized carbons (Fsp3) is 0.636. The zero-order valence-electron chi connectivity index (χ0n) is 7.87. The molecule has 0 radical (unpaired) electrons. The summed E-state index contributed by atoms with van der Waals surface area (Å²) in [4.78, 5) is 0. The van der Waals surface area contributed by atoms with Gasteiger partial charge in [-0.05, 0) is 44.4 Å². The molecular formula is C11H16N2.